The predicted molar refractivity (Wildman–Crippen MR) is 41.4 cm³/mol. The van der Waals surface area contributed by atoms with Gasteiger partial charge in [0.05, 0.1) is 0 Å². The molecule has 0 aliphatic rings. The largest absolute Gasteiger partial charge is 0.333 e. The van der Waals surface area contributed by atoms with E-state index in [0.717, 1.165) is 5.57 Å². The van der Waals surface area contributed by atoms with E-state index in [0.29, 0.717) is 0 Å². The van der Waals surface area contributed by atoms with Gasteiger partial charge in [-0.1, -0.05) is 0 Å². The van der Waals surface area contributed by atoms with Crippen LogP contribution >= 0.6 is 0 Å². The second-order valence-corrected chi connectivity index (χ2v) is 1.22. The number of nitrogens with one attached hydrogen (secondary N) is 2. The van der Waals surface area contributed by atoms with Crippen LogP contribution in [0.3, 0.4) is 0 Å². The minimum atomic E-state index is 0.801. The van der Waals surface area contributed by atoms with Gasteiger partial charge in [0, 0.05) is 12.4 Å². The van der Waals surface area contributed by atoms with E-state index in [1.54, 1.807) is 13.0 Å². The van der Waals surface area contributed by atoms with Gasteiger partial charge in [-0.25, -0.2) is 0 Å². The summed E-state index contributed by atoms with van der Waals surface area (Å²) in [6, 6.07) is 0. The lowest BCUT2D eigenvalue weighted by Crippen LogP contribution is -1.72. The summed E-state index contributed by atoms with van der Waals surface area (Å²) in [5, 5.41) is 13.1. The monoisotopic (exact) mass is 127 g/mol. The Morgan fingerprint density at radius 3 is 1.89 bits per heavy atom. The smallest absolute Gasteiger partial charge is 0.0207 e. The summed E-state index contributed by atoms with van der Waals surface area (Å²) in [5.41, 5.74) is 5.30. The molecule has 3 nitrogen and oxygen atoms in total. The van der Waals surface area contributed by atoms with Gasteiger partial charge in [0.15, 0.2) is 0 Å². The molecule has 0 saturated carbocycles. The van der Waals surface area contributed by atoms with Gasteiger partial charge in [-0.3, -0.25) is 0 Å². The number of hydrogen-bond acceptors (Lipinski definition) is 3. The molecule has 0 aliphatic heterocycles. The molecule has 0 radical (unpaired) electrons. The van der Waals surface area contributed by atoms with Crippen LogP contribution in [0.15, 0.2) is 11.6 Å². The number of nitrogens with two attached hydrogens (primary N) is 1. The first-order chi connectivity index (χ1) is 4.31. The van der Waals surface area contributed by atoms with Crippen molar-refractivity contribution in [2.45, 2.75) is 6.92 Å². The molecule has 0 bridgehead atoms. The Morgan fingerprint density at radius 1 is 1.33 bits per heavy atom. The molecule has 0 atom stereocenters. The molecule has 0 unspecified atom stereocenters. The summed E-state index contributed by atoms with van der Waals surface area (Å²) in [5.74, 6) is 0. The molecule has 0 aliphatic carbocycles. The van der Waals surface area contributed by atoms with Crippen molar-refractivity contribution in [2.75, 3.05) is 7.05 Å². The summed E-state index contributed by atoms with van der Waals surface area (Å²) in [7, 11) is 1.50. The molecular formula is C6H13N3. The van der Waals surface area contributed by atoms with Gasteiger partial charge in [0.1, 0.15) is 0 Å². The first-order valence-electron chi connectivity index (χ1n) is 2.57. The van der Waals surface area contributed by atoms with Gasteiger partial charge < -0.3 is 16.6 Å². The van der Waals surface area contributed by atoms with E-state index in [2.05, 4.69) is 5.73 Å². The van der Waals surface area contributed by atoms with Gasteiger partial charge in [-0.2, -0.15) is 0 Å². The van der Waals surface area contributed by atoms with Gasteiger partial charge in [-0.05, 0) is 25.6 Å². The highest BCUT2D eigenvalue weighted by Gasteiger charge is 1.71. The third-order valence-corrected chi connectivity index (χ3v) is 0.574. The highest BCUT2D eigenvalue weighted by Crippen LogP contribution is 1.79. The van der Waals surface area contributed by atoms with Crippen LogP contribution in [0.1, 0.15) is 6.92 Å². The van der Waals surface area contributed by atoms with Crippen molar-refractivity contribution in [3.05, 3.63) is 11.6 Å². The Kier molecular flexibility index (Phi) is 12.3. The minimum absolute atomic E-state index is 0.801. The molecule has 0 aromatic rings. The molecule has 0 aromatic carbocycles. The van der Waals surface area contributed by atoms with E-state index < -0.39 is 0 Å². The lowest BCUT2D eigenvalue weighted by Gasteiger charge is -1.77. The Balaban J connectivity index is 0. The average Bonchev–Trinajstić information content (AvgIpc) is 1.93. The van der Waals surface area contributed by atoms with E-state index in [1.165, 1.54) is 19.5 Å². The van der Waals surface area contributed by atoms with Crippen molar-refractivity contribution in [1.29, 1.82) is 10.8 Å². The summed E-state index contributed by atoms with van der Waals surface area (Å²) in [6.45, 7) is 1.78. The maximum Gasteiger partial charge on any atom is 0.0207 e. The highest BCUT2D eigenvalue weighted by atomic mass is 14.4. The van der Waals surface area contributed by atoms with Gasteiger partial charge in [0.2, 0.25) is 0 Å². The number of rotatable bonds is 2. The first-order valence-corrected chi connectivity index (χ1v) is 2.57. The van der Waals surface area contributed by atoms with Crippen LogP contribution in [-0.4, -0.2) is 19.5 Å². The normalized spacial score (nSPS) is 9.00. The number of allylic oxidation sites excluding steroid dienone is 2. The molecule has 0 fully saturated rings. The van der Waals surface area contributed by atoms with Crippen LogP contribution in [0.25, 0.3) is 0 Å². The lowest BCUT2D eigenvalue weighted by atomic mass is 10.3. The average molecular weight is 127 g/mol. The maximum absolute atomic E-state index is 6.62. The topological polar surface area (TPSA) is 73.7 Å². The van der Waals surface area contributed by atoms with Crippen molar-refractivity contribution < 1.29 is 0 Å². The van der Waals surface area contributed by atoms with Crippen molar-refractivity contribution in [1.82, 2.24) is 0 Å². The van der Waals surface area contributed by atoms with Crippen LogP contribution in [0, 0.1) is 10.8 Å². The molecular weight excluding hydrogens is 114 g/mol. The molecule has 0 heterocycles. The summed E-state index contributed by atoms with van der Waals surface area (Å²) < 4.78 is 0. The van der Waals surface area contributed by atoms with Gasteiger partial charge in [-0.15, -0.1) is 0 Å². The van der Waals surface area contributed by atoms with Gasteiger partial charge >= 0.3 is 0 Å². The fourth-order valence-corrected chi connectivity index (χ4v) is 0.180. The molecule has 4 N–H and O–H groups in total. The zero-order valence-electron chi connectivity index (χ0n) is 5.81. The highest BCUT2D eigenvalue weighted by molar-refractivity contribution is 5.83. The molecule has 0 amide bonds. The third kappa shape index (κ3) is 11.0. The summed E-state index contributed by atoms with van der Waals surface area (Å²) in [4.78, 5) is 0. The zero-order valence-corrected chi connectivity index (χ0v) is 5.81. The van der Waals surface area contributed by atoms with E-state index in [1.807, 2.05) is 0 Å². The Hall–Kier alpha value is -0.960. The second kappa shape index (κ2) is 10.1. The van der Waals surface area contributed by atoms with E-state index >= 15 is 0 Å². The second-order valence-electron chi connectivity index (χ2n) is 1.22. The maximum atomic E-state index is 6.62. The van der Waals surface area contributed by atoms with Crippen molar-refractivity contribution in [3.8, 4) is 0 Å². The van der Waals surface area contributed by atoms with Crippen LogP contribution in [0.2, 0.25) is 0 Å². The Morgan fingerprint density at radius 2 is 1.78 bits per heavy atom. The van der Waals surface area contributed by atoms with E-state index in [4.69, 9.17) is 10.8 Å². The first kappa shape index (κ1) is 10.9. The molecule has 9 heavy (non-hydrogen) atoms. The lowest BCUT2D eigenvalue weighted by molar-refractivity contribution is 1.48. The molecule has 0 aromatic heterocycles. The summed E-state index contributed by atoms with van der Waals surface area (Å²) >= 11 is 0. The predicted octanol–water partition coefficient (Wildman–Crippen LogP) is 0.807. The van der Waals surface area contributed by atoms with Crippen molar-refractivity contribution in [2.24, 2.45) is 5.73 Å². The Labute approximate surface area is 55.6 Å². The van der Waals surface area contributed by atoms with Crippen LogP contribution in [0.4, 0.5) is 0 Å². The quantitative estimate of drug-likeness (QED) is 0.472. The zero-order chi connectivity index (χ0) is 7.70. The van der Waals surface area contributed by atoms with E-state index in [9.17, 15) is 0 Å². The van der Waals surface area contributed by atoms with Crippen molar-refractivity contribution in [3.63, 3.8) is 0 Å². The minimum Gasteiger partial charge on any atom is -0.333 e. The van der Waals surface area contributed by atoms with Crippen molar-refractivity contribution >= 4 is 12.4 Å². The molecule has 0 spiro atoms. The fraction of sp³-hybridized carbons (Fsp3) is 0.333. The third-order valence-electron chi connectivity index (χ3n) is 0.574. The van der Waals surface area contributed by atoms with Crippen LogP contribution in [-0.2, 0) is 0 Å². The van der Waals surface area contributed by atoms with Crippen LogP contribution in [0.5, 0.6) is 0 Å². The number of hydrogen-bond donors (Lipinski definition) is 3. The molecule has 3 heteroatoms. The van der Waals surface area contributed by atoms with Gasteiger partial charge in [0.25, 0.3) is 0 Å². The molecule has 0 rings (SSSR count). The summed E-state index contributed by atoms with van der Waals surface area (Å²) in [6.07, 6.45) is 3.94. The molecule has 52 valence electrons. The van der Waals surface area contributed by atoms with E-state index in [-0.39, 0.29) is 0 Å². The van der Waals surface area contributed by atoms with Crippen LogP contribution < -0.4 is 5.73 Å². The molecule has 0 saturated heterocycles. The standard InChI is InChI=1S/C5H8N2.CH5N/c1-5(4-7)2-3-6;1-2/h2-4,6-7H,1H3;2H2,1H3/b5-2-,6-3?,7-4?;. The Bertz CT molecular complexity index is 105. The SMILES string of the molecule is C/C(C=N)=C/C=N.CN. The fourth-order valence-electron chi connectivity index (χ4n) is 0.180.